The van der Waals surface area contributed by atoms with Gasteiger partial charge < -0.3 is 5.73 Å². The zero-order chi connectivity index (χ0) is 12.9. The Morgan fingerprint density at radius 1 is 1.24 bits per heavy atom. The van der Waals surface area contributed by atoms with E-state index >= 15 is 0 Å². The van der Waals surface area contributed by atoms with Crippen LogP contribution in [0.25, 0.3) is 0 Å². The van der Waals surface area contributed by atoms with Crippen molar-refractivity contribution in [2.45, 2.75) is 52.4 Å². The molecule has 1 fully saturated rings. The van der Waals surface area contributed by atoms with E-state index < -0.39 is 9.84 Å². The molecule has 3 nitrogen and oxygen atoms in total. The van der Waals surface area contributed by atoms with Crippen molar-refractivity contribution in [1.29, 1.82) is 0 Å². The summed E-state index contributed by atoms with van der Waals surface area (Å²) in [4.78, 5) is 0. The molecule has 0 aromatic carbocycles. The normalized spacial score (nSPS) is 30.4. The highest BCUT2D eigenvalue weighted by molar-refractivity contribution is 7.91. The standard InChI is InChI=1S/C13H27NO2S/c1-3-12-5-7-13(11-14,8-6-12)9-10-17(15,16)4-2/h12H,3-11,14H2,1-2H3. The molecule has 1 saturated carbocycles. The van der Waals surface area contributed by atoms with Gasteiger partial charge >= 0.3 is 0 Å². The fourth-order valence-corrected chi connectivity index (χ4v) is 3.80. The summed E-state index contributed by atoms with van der Waals surface area (Å²) in [5.41, 5.74) is 6.01. The third-order valence-electron chi connectivity index (χ3n) is 4.56. The van der Waals surface area contributed by atoms with E-state index in [9.17, 15) is 8.42 Å². The maximum Gasteiger partial charge on any atom is 0.150 e. The average molecular weight is 261 g/mol. The Kier molecular flexibility index (Phi) is 5.45. The van der Waals surface area contributed by atoms with Crippen LogP contribution in [0.1, 0.15) is 52.4 Å². The molecule has 0 atom stereocenters. The second-order valence-electron chi connectivity index (χ2n) is 5.54. The first-order valence-electron chi connectivity index (χ1n) is 6.87. The van der Waals surface area contributed by atoms with Crippen LogP contribution in [0.5, 0.6) is 0 Å². The van der Waals surface area contributed by atoms with Crippen LogP contribution < -0.4 is 5.73 Å². The Morgan fingerprint density at radius 3 is 2.24 bits per heavy atom. The molecule has 0 aliphatic heterocycles. The third kappa shape index (κ3) is 4.25. The van der Waals surface area contributed by atoms with Gasteiger partial charge in [0.2, 0.25) is 0 Å². The fraction of sp³-hybridized carbons (Fsp3) is 1.00. The predicted molar refractivity (Wildman–Crippen MR) is 72.7 cm³/mol. The molecule has 1 aliphatic rings. The molecule has 1 rings (SSSR count). The van der Waals surface area contributed by atoms with Crippen LogP contribution in [0.2, 0.25) is 0 Å². The lowest BCUT2D eigenvalue weighted by molar-refractivity contribution is 0.149. The number of hydrogen-bond acceptors (Lipinski definition) is 3. The fourth-order valence-electron chi connectivity index (χ4n) is 2.77. The third-order valence-corrected chi connectivity index (χ3v) is 6.27. The van der Waals surface area contributed by atoms with Crippen molar-refractivity contribution in [3.8, 4) is 0 Å². The maximum atomic E-state index is 11.6. The molecular formula is C13H27NO2S. The first-order chi connectivity index (χ1) is 7.97. The van der Waals surface area contributed by atoms with Gasteiger partial charge in [0.25, 0.3) is 0 Å². The summed E-state index contributed by atoms with van der Waals surface area (Å²) in [6.07, 6.45) is 6.67. The average Bonchev–Trinajstić information content (AvgIpc) is 2.37. The van der Waals surface area contributed by atoms with Crippen molar-refractivity contribution in [2.75, 3.05) is 18.1 Å². The van der Waals surface area contributed by atoms with E-state index in [0.29, 0.717) is 12.3 Å². The van der Waals surface area contributed by atoms with Gasteiger partial charge in [0.15, 0.2) is 0 Å². The highest BCUT2D eigenvalue weighted by Gasteiger charge is 2.34. The van der Waals surface area contributed by atoms with Crippen LogP contribution in [-0.4, -0.2) is 26.5 Å². The van der Waals surface area contributed by atoms with Crippen LogP contribution in [0.15, 0.2) is 0 Å². The highest BCUT2D eigenvalue weighted by atomic mass is 32.2. The molecule has 0 heterocycles. The van der Waals surface area contributed by atoms with Gasteiger partial charge in [-0.25, -0.2) is 8.42 Å². The van der Waals surface area contributed by atoms with E-state index in [1.54, 1.807) is 6.92 Å². The Bertz CT molecular complexity index is 316. The van der Waals surface area contributed by atoms with Crippen LogP contribution in [0.3, 0.4) is 0 Å². The lowest BCUT2D eigenvalue weighted by Gasteiger charge is -2.39. The monoisotopic (exact) mass is 261 g/mol. The summed E-state index contributed by atoms with van der Waals surface area (Å²) in [5.74, 6) is 1.40. The molecule has 0 saturated heterocycles. The SMILES string of the molecule is CCC1CCC(CN)(CCS(=O)(=O)CC)CC1. The molecule has 0 unspecified atom stereocenters. The minimum Gasteiger partial charge on any atom is -0.330 e. The quantitative estimate of drug-likeness (QED) is 0.798. The molecule has 0 amide bonds. The summed E-state index contributed by atoms with van der Waals surface area (Å²) >= 11 is 0. The largest absolute Gasteiger partial charge is 0.330 e. The Balaban J connectivity index is 2.54. The topological polar surface area (TPSA) is 60.2 Å². The van der Waals surface area contributed by atoms with Gasteiger partial charge in [0.1, 0.15) is 9.84 Å². The van der Waals surface area contributed by atoms with Gasteiger partial charge in [-0.05, 0) is 50.0 Å². The Morgan fingerprint density at radius 2 is 1.82 bits per heavy atom. The molecule has 0 radical (unpaired) electrons. The van der Waals surface area contributed by atoms with Gasteiger partial charge in [0.05, 0.1) is 5.75 Å². The molecule has 1 aliphatic carbocycles. The summed E-state index contributed by atoms with van der Waals surface area (Å²) in [6.45, 7) is 4.60. The number of hydrogen-bond donors (Lipinski definition) is 1. The van der Waals surface area contributed by atoms with Crippen molar-refractivity contribution >= 4 is 9.84 Å². The second kappa shape index (κ2) is 6.19. The minimum absolute atomic E-state index is 0.105. The Hall–Kier alpha value is -0.0900. The van der Waals surface area contributed by atoms with Crippen LogP contribution >= 0.6 is 0 Å². The molecular weight excluding hydrogens is 234 g/mol. The van der Waals surface area contributed by atoms with E-state index in [4.69, 9.17) is 5.73 Å². The van der Waals surface area contributed by atoms with Gasteiger partial charge in [-0.1, -0.05) is 20.3 Å². The number of rotatable bonds is 6. The van der Waals surface area contributed by atoms with Gasteiger partial charge in [0, 0.05) is 5.75 Å². The van der Waals surface area contributed by atoms with Gasteiger partial charge in [-0.2, -0.15) is 0 Å². The molecule has 0 spiro atoms. The zero-order valence-electron chi connectivity index (χ0n) is 11.2. The van der Waals surface area contributed by atoms with Crippen LogP contribution in [-0.2, 0) is 9.84 Å². The van der Waals surface area contributed by atoms with Gasteiger partial charge in [-0.3, -0.25) is 0 Å². The maximum absolute atomic E-state index is 11.6. The first kappa shape index (κ1) is 15.0. The van der Waals surface area contributed by atoms with Crippen molar-refractivity contribution in [3.05, 3.63) is 0 Å². The molecule has 4 heteroatoms. The van der Waals surface area contributed by atoms with Crippen molar-refractivity contribution in [1.82, 2.24) is 0 Å². The first-order valence-corrected chi connectivity index (χ1v) is 8.69. The molecule has 2 N–H and O–H groups in total. The lowest BCUT2D eigenvalue weighted by Crippen LogP contribution is -2.36. The summed E-state index contributed by atoms with van der Waals surface area (Å²) in [6, 6.07) is 0. The van der Waals surface area contributed by atoms with E-state index in [1.165, 1.54) is 19.3 Å². The van der Waals surface area contributed by atoms with E-state index in [0.717, 1.165) is 25.2 Å². The summed E-state index contributed by atoms with van der Waals surface area (Å²) in [5, 5.41) is 0. The highest BCUT2D eigenvalue weighted by Crippen LogP contribution is 2.42. The van der Waals surface area contributed by atoms with Crippen molar-refractivity contribution in [3.63, 3.8) is 0 Å². The lowest BCUT2D eigenvalue weighted by atomic mass is 9.68. The smallest absolute Gasteiger partial charge is 0.150 e. The zero-order valence-corrected chi connectivity index (χ0v) is 12.1. The molecule has 0 bridgehead atoms. The second-order valence-corrected chi connectivity index (χ2v) is 8.01. The van der Waals surface area contributed by atoms with E-state index in [1.807, 2.05) is 0 Å². The van der Waals surface area contributed by atoms with Crippen molar-refractivity contribution < 1.29 is 8.42 Å². The van der Waals surface area contributed by atoms with Crippen molar-refractivity contribution in [2.24, 2.45) is 17.1 Å². The number of nitrogens with two attached hydrogens (primary N) is 1. The predicted octanol–water partition coefficient (Wildman–Crippen LogP) is 2.36. The molecule has 102 valence electrons. The molecule has 0 aromatic heterocycles. The number of sulfone groups is 1. The van der Waals surface area contributed by atoms with E-state index in [2.05, 4.69) is 6.92 Å². The van der Waals surface area contributed by atoms with Gasteiger partial charge in [-0.15, -0.1) is 0 Å². The minimum atomic E-state index is -2.84. The summed E-state index contributed by atoms with van der Waals surface area (Å²) < 4.78 is 23.2. The Labute approximate surface area is 106 Å². The molecule has 0 aromatic rings. The summed E-state index contributed by atoms with van der Waals surface area (Å²) in [7, 11) is -2.84. The molecule has 17 heavy (non-hydrogen) atoms. The van der Waals surface area contributed by atoms with Crippen LogP contribution in [0.4, 0.5) is 0 Å². The van der Waals surface area contributed by atoms with Crippen LogP contribution in [0, 0.1) is 11.3 Å². The van der Waals surface area contributed by atoms with E-state index in [-0.39, 0.29) is 11.2 Å².